The van der Waals surface area contributed by atoms with Gasteiger partial charge in [0.1, 0.15) is 5.52 Å². The zero-order chi connectivity index (χ0) is 17.6. The highest BCUT2D eigenvalue weighted by Gasteiger charge is 2.14. The Morgan fingerprint density at radius 1 is 1.12 bits per heavy atom. The van der Waals surface area contributed by atoms with Gasteiger partial charge in [-0.2, -0.15) is 0 Å². The monoisotopic (exact) mass is 462 g/mol. The van der Waals surface area contributed by atoms with Crippen LogP contribution in [0.25, 0.3) is 16.6 Å². The maximum atomic E-state index is 11.5. The van der Waals surface area contributed by atoms with Crippen molar-refractivity contribution >= 4 is 65.6 Å². The molecule has 0 radical (unpaired) electrons. The Hall–Kier alpha value is -2.20. The van der Waals surface area contributed by atoms with Gasteiger partial charge in [0.25, 0.3) is 0 Å². The Kier molecular flexibility index (Phi) is 4.08. The van der Waals surface area contributed by atoms with E-state index in [-0.39, 0.29) is 10.9 Å². The van der Waals surface area contributed by atoms with Crippen LogP contribution in [0.5, 0.6) is 0 Å². The third-order valence-electron chi connectivity index (χ3n) is 3.76. The van der Waals surface area contributed by atoms with Crippen molar-refractivity contribution in [3.05, 3.63) is 63.1 Å². The van der Waals surface area contributed by atoms with Gasteiger partial charge in [-0.25, -0.2) is 9.97 Å². The molecule has 2 aromatic carbocycles. The molecule has 2 aromatic heterocycles. The summed E-state index contributed by atoms with van der Waals surface area (Å²) in [5, 5.41) is 24.0. The van der Waals surface area contributed by atoms with Crippen molar-refractivity contribution in [2.24, 2.45) is 0 Å². The molecule has 0 atom stereocenters. The fourth-order valence-corrected chi connectivity index (χ4v) is 3.86. The standard InChI is InChI=1S/C16H10Br2N5O2/c17-9-3-1-4-10(18)14(9)21-16-13-7-19-8-22(13)15-11(20-16)5-2-6-12(15)23(24)25/h1-8,24H,(H,20,21)/q-1. The number of halogens is 2. The summed E-state index contributed by atoms with van der Waals surface area (Å²) < 4.78 is 3.46. The molecule has 4 aromatic rings. The van der Waals surface area contributed by atoms with Crippen molar-refractivity contribution in [3.63, 3.8) is 0 Å². The molecule has 9 heteroatoms. The van der Waals surface area contributed by atoms with E-state index in [1.165, 1.54) is 6.07 Å². The molecule has 0 spiro atoms. The second-order valence-corrected chi connectivity index (χ2v) is 6.96. The number of hydrogen-bond donors (Lipinski definition) is 2. The van der Waals surface area contributed by atoms with Crippen LogP contribution in [0, 0.1) is 5.21 Å². The molecule has 0 saturated carbocycles. The first-order valence-corrected chi connectivity index (χ1v) is 8.77. The zero-order valence-electron chi connectivity index (χ0n) is 12.5. The molecule has 0 saturated heterocycles. The third kappa shape index (κ3) is 2.74. The number of fused-ring (bicyclic) bond motifs is 3. The first-order valence-electron chi connectivity index (χ1n) is 7.18. The van der Waals surface area contributed by atoms with Crippen molar-refractivity contribution in [2.75, 3.05) is 10.5 Å². The lowest BCUT2D eigenvalue weighted by Crippen LogP contribution is -2.10. The molecule has 4 rings (SSSR count). The highest BCUT2D eigenvalue weighted by molar-refractivity contribution is 9.11. The Morgan fingerprint density at radius 2 is 1.84 bits per heavy atom. The average Bonchev–Trinajstić information content (AvgIpc) is 3.07. The van der Waals surface area contributed by atoms with Crippen LogP contribution in [0.15, 0.2) is 57.9 Å². The SMILES string of the molecule is [O-]N(O)c1cccc2nc(Nc3c(Br)cccc3Br)c3cncn3c12. The number of rotatable bonds is 3. The predicted octanol–water partition coefficient (Wildman–Crippen LogP) is 4.84. The van der Waals surface area contributed by atoms with Gasteiger partial charge in [0.15, 0.2) is 5.82 Å². The van der Waals surface area contributed by atoms with Crippen LogP contribution in [-0.4, -0.2) is 19.6 Å². The van der Waals surface area contributed by atoms with E-state index in [0.717, 1.165) is 14.6 Å². The lowest BCUT2D eigenvalue weighted by Gasteiger charge is -2.23. The molecule has 0 bridgehead atoms. The number of nitrogens with zero attached hydrogens (tertiary/aromatic N) is 4. The maximum Gasteiger partial charge on any atom is 0.157 e. The minimum Gasteiger partial charge on any atom is -0.733 e. The maximum absolute atomic E-state index is 11.5. The molecule has 2 N–H and O–H groups in total. The highest BCUT2D eigenvalue weighted by atomic mass is 79.9. The second kappa shape index (κ2) is 6.26. The van der Waals surface area contributed by atoms with Gasteiger partial charge >= 0.3 is 0 Å². The zero-order valence-corrected chi connectivity index (χ0v) is 15.7. The lowest BCUT2D eigenvalue weighted by atomic mass is 10.2. The summed E-state index contributed by atoms with van der Waals surface area (Å²) in [7, 11) is 0. The minimum absolute atomic E-state index is 0.0987. The van der Waals surface area contributed by atoms with Crippen molar-refractivity contribution in [1.29, 1.82) is 0 Å². The van der Waals surface area contributed by atoms with E-state index in [9.17, 15) is 10.4 Å². The molecular formula is C16H10Br2N5O2-. The van der Waals surface area contributed by atoms with Crippen molar-refractivity contribution in [3.8, 4) is 0 Å². The number of imidazole rings is 1. The van der Waals surface area contributed by atoms with E-state index >= 15 is 0 Å². The van der Waals surface area contributed by atoms with E-state index in [1.54, 1.807) is 29.1 Å². The van der Waals surface area contributed by atoms with Crippen LogP contribution in [0.4, 0.5) is 17.2 Å². The molecule has 0 aliphatic carbocycles. The fourth-order valence-electron chi connectivity index (χ4n) is 2.66. The van der Waals surface area contributed by atoms with E-state index in [0.29, 0.717) is 22.4 Å². The van der Waals surface area contributed by atoms with Gasteiger partial charge in [-0.15, -0.1) is 0 Å². The summed E-state index contributed by atoms with van der Waals surface area (Å²) >= 11 is 7.03. The quantitative estimate of drug-likeness (QED) is 0.422. The summed E-state index contributed by atoms with van der Waals surface area (Å²) in [6, 6.07) is 10.7. The molecule has 0 amide bonds. The second-order valence-electron chi connectivity index (χ2n) is 5.25. The van der Waals surface area contributed by atoms with Crippen LogP contribution < -0.4 is 10.5 Å². The van der Waals surface area contributed by atoms with Crippen LogP contribution in [-0.2, 0) is 0 Å². The molecule has 126 valence electrons. The summed E-state index contributed by atoms with van der Waals surface area (Å²) in [6.07, 6.45) is 3.22. The van der Waals surface area contributed by atoms with Gasteiger partial charge in [0.2, 0.25) is 0 Å². The summed E-state index contributed by atoms with van der Waals surface area (Å²) in [4.78, 5) is 8.76. The fraction of sp³-hybridized carbons (Fsp3) is 0. The third-order valence-corrected chi connectivity index (χ3v) is 5.08. The Labute approximate surface area is 158 Å². The lowest BCUT2D eigenvalue weighted by molar-refractivity contribution is 0.297. The van der Waals surface area contributed by atoms with E-state index < -0.39 is 0 Å². The number of anilines is 3. The number of benzene rings is 2. The van der Waals surface area contributed by atoms with Crippen LogP contribution in [0.1, 0.15) is 0 Å². The molecule has 0 aliphatic heterocycles. The van der Waals surface area contributed by atoms with Crippen LogP contribution in [0.3, 0.4) is 0 Å². The van der Waals surface area contributed by atoms with Gasteiger partial charge < -0.3 is 15.8 Å². The summed E-state index contributed by atoms with van der Waals surface area (Å²) in [6.45, 7) is 0. The molecule has 0 fully saturated rings. The van der Waals surface area contributed by atoms with E-state index in [1.807, 2.05) is 18.2 Å². The first-order chi connectivity index (χ1) is 12.1. The Balaban J connectivity index is 1.98. The van der Waals surface area contributed by atoms with Crippen LogP contribution in [0.2, 0.25) is 0 Å². The average molecular weight is 464 g/mol. The van der Waals surface area contributed by atoms with E-state index in [4.69, 9.17) is 0 Å². The predicted molar refractivity (Wildman–Crippen MR) is 103 cm³/mol. The normalized spacial score (nSPS) is 11.2. The topological polar surface area (TPSA) is 88.8 Å². The molecule has 0 aliphatic rings. The highest BCUT2D eigenvalue weighted by Crippen LogP contribution is 2.35. The van der Waals surface area contributed by atoms with Crippen LogP contribution >= 0.6 is 31.9 Å². The van der Waals surface area contributed by atoms with Crippen molar-refractivity contribution in [2.45, 2.75) is 0 Å². The Bertz CT molecular complexity index is 1080. The number of nitrogens with one attached hydrogen (secondary N) is 1. The largest absolute Gasteiger partial charge is 0.733 e. The number of para-hydroxylation sites is 2. The van der Waals surface area contributed by atoms with Gasteiger partial charge in [-0.05, 0) is 56.1 Å². The first kappa shape index (κ1) is 16.3. The molecule has 2 heterocycles. The smallest absolute Gasteiger partial charge is 0.157 e. The summed E-state index contributed by atoms with van der Waals surface area (Å²) in [5.41, 5.74) is 2.61. The van der Waals surface area contributed by atoms with Gasteiger partial charge in [-0.1, -0.05) is 12.1 Å². The molecule has 25 heavy (non-hydrogen) atoms. The van der Waals surface area contributed by atoms with Crippen molar-refractivity contribution < 1.29 is 5.21 Å². The Morgan fingerprint density at radius 3 is 2.56 bits per heavy atom. The molecular weight excluding hydrogens is 454 g/mol. The number of aromatic nitrogens is 3. The van der Waals surface area contributed by atoms with Gasteiger partial charge in [-0.3, -0.25) is 9.61 Å². The molecule has 7 nitrogen and oxygen atoms in total. The van der Waals surface area contributed by atoms with E-state index in [2.05, 4.69) is 47.1 Å². The van der Waals surface area contributed by atoms with Gasteiger partial charge in [0.05, 0.1) is 34.9 Å². The molecule has 0 unspecified atom stereocenters. The van der Waals surface area contributed by atoms with Crippen molar-refractivity contribution in [1.82, 2.24) is 14.4 Å². The minimum atomic E-state index is -0.166. The number of hydrogen-bond acceptors (Lipinski definition) is 6. The van der Waals surface area contributed by atoms with Gasteiger partial charge in [0, 0.05) is 8.95 Å². The summed E-state index contributed by atoms with van der Waals surface area (Å²) in [5.74, 6) is 0.574.